The molecular formula is C13H28ClNO2. The van der Waals surface area contributed by atoms with Gasteiger partial charge in [-0.15, -0.1) is 12.4 Å². The molecule has 3 nitrogen and oxygen atoms in total. The Bertz CT molecular complexity index is 165. The van der Waals surface area contributed by atoms with E-state index in [1.54, 1.807) is 0 Å². The maximum absolute atomic E-state index is 11.0. The second-order valence-corrected chi connectivity index (χ2v) is 4.17. The molecule has 0 fully saturated rings. The Morgan fingerprint density at radius 1 is 0.941 bits per heavy atom. The van der Waals surface area contributed by atoms with E-state index in [1.807, 2.05) is 6.92 Å². The molecule has 2 N–H and O–H groups in total. The van der Waals surface area contributed by atoms with Gasteiger partial charge >= 0.3 is 5.97 Å². The number of rotatable bonds is 11. The average molecular weight is 266 g/mol. The minimum atomic E-state index is -0.0505. The van der Waals surface area contributed by atoms with Crippen LogP contribution in [0.5, 0.6) is 0 Å². The molecule has 0 aliphatic carbocycles. The highest BCUT2D eigenvalue weighted by atomic mass is 35.5. The van der Waals surface area contributed by atoms with Crippen LogP contribution >= 0.6 is 12.4 Å². The van der Waals surface area contributed by atoms with E-state index in [0.717, 1.165) is 25.8 Å². The first-order chi connectivity index (χ1) is 7.81. The Hall–Kier alpha value is -0.280. The highest BCUT2D eigenvalue weighted by Crippen LogP contribution is 2.09. The van der Waals surface area contributed by atoms with E-state index in [0.29, 0.717) is 13.0 Å². The molecule has 0 aliphatic rings. The lowest BCUT2D eigenvalue weighted by atomic mass is 10.1. The number of carbonyl (C=O) groups excluding carboxylic acids is 1. The van der Waals surface area contributed by atoms with E-state index in [9.17, 15) is 4.79 Å². The number of nitrogens with two attached hydrogens (primary N) is 1. The fourth-order valence-electron chi connectivity index (χ4n) is 1.71. The topological polar surface area (TPSA) is 52.3 Å². The van der Waals surface area contributed by atoms with Crippen LogP contribution in [0.4, 0.5) is 0 Å². The second kappa shape index (κ2) is 15.7. The fourth-order valence-corrected chi connectivity index (χ4v) is 1.71. The van der Waals surface area contributed by atoms with Crippen molar-refractivity contribution < 1.29 is 9.53 Å². The van der Waals surface area contributed by atoms with Crippen molar-refractivity contribution in [1.82, 2.24) is 0 Å². The van der Waals surface area contributed by atoms with Crippen molar-refractivity contribution in [3.63, 3.8) is 0 Å². The zero-order valence-electron chi connectivity index (χ0n) is 11.1. The lowest BCUT2D eigenvalue weighted by Crippen LogP contribution is -2.03. The van der Waals surface area contributed by atoms with Crippen LogP contribution in [0.1, 0.15) is 64.7 Å². The lowest BCUT2D eigenvalue weighted by molar-refractivity contribution is -0.143. The third-order valence-corrected chi connectivity index (χ3v) is 2.64. The van der Waals surface area contributed by atoms with Gasteiger partial charge in [-0.1, -0.05) is 38.5 Å². The molecule has 0 aromatic rings. The molecule has 0 unspecified atom stereocenters. The molecule has 0 aromatic heterocycles. The average Bonchev–Trinajstić information content (AvgIpc) is 2.27. The highest BCUT2D eigenvalue weighted by molar-refractivity contribution is 5.85. The van der Waals surface area contributed by atoms with Gasteiger partial charge in [-0.05, 0) is 26.3 Å². The fraction of sp³-hybridized carbons (Fsp3) is 0.923. The van der Waals surface area contributed by atoms with Gasteiger partial charge in [0.15, 0.2) is 0 Å². The molecule has 104 valence electrons. The minimum absolute atomic E-state index is 0. The zero-order valence-corrected chi connectivity index (χ0v) is 11.9. The van der Waals surface area contributed by atoms with Gasteiger partial charge in [-0.3, -0.25) is 4.79 Å². The quantitative estimate of drug-likeness (QED) is 0.460. The summed E-state index contributed by atoms with van der Waals surface area (Å²) in [7, 11) is 0. The Morgan fingerprint density at radius 3 is 1.88 bits per heavy atom. The van der Waals surface area contributed by atoms with E-state index in [2.05, 4.69) is 0 Å². The normalized spacial score (nSPS) is 9.76. The van der Waals surface area contributed by atoms with Crippen LogP contribution in [-0.2, 0) is 9.53 Å². The van der Waals surface area contributed by atoms with Gasteiger partial charge in [0.05, 0.1) is 6.61 Å². The SMILES string of the molecule is CCOC(=O)CCCCCCCCCCN.Cl. The van der Waals surface area contributed by atoms with E-state index in [4.69, 9.17) is 10.5 Å². The van der Waals surface area contributed by atoms with Crippen molar-refractivity contribution in [1.29, 1.82) is 0 Å². The summed E-state index contributed by atoms with van der Waals surface area (Å²) < 4.78 is 4.86. The highest BCUT2D eigenvalue weighted by Gasteiger charge is 2.00. The zero-order chi connectivity index (χ0) is 12.1. The Kier molecular flexibility index (Phi) is 17.6. The number of ether oxygens (including phenoxy) is 1. The summed E-state index contributed by atoms with van der Waals surface area (Å²) in [5.41, 5.74) is 5.42. The van der Waals surface area contributed by atoms with Gasteiger partial charge in [-0.25, -0.2) is 0 Å². The first-order valence-electron chi connectivity index (χ1n) is 6.67. The first kappa shape index (κ1) is 19.1. The van der Waals surface area contributed by atoms with Crippen LogP contribution in [0, 0.1) is 0 Å². The van der Waals surface area contributed by atoms with Crippen LogP contribution in [-0.4, -0.2) is 19.1 Å². The summed E-state index contributed by atoms with van der Waals surface area (Å²) in [6.07, 6.45) is 10.3. The van der Waals surface area contributed by atoms with Crippen LogP contribution < -0.4 is 5.73 Å². The summed E-state index contributed by atoms with van der Waals surface area (Å²) in [6.45, 7) is 3.17. The van der Waals surface area contributed by atoms with Gasteiger partial charge in [0, 0.05) is 6.42 Å². The molecule has 0 aliphatic heterocycles. The van der Waals surface area contributed by atoms with Crippen molar-refractivity contribution in [2.45, 2.75) is 64.7 Å². The number of carbonyl (C=O) groups is 1. The summed E-state index contributed by atoms with van der Waals surface area (Å²) in [4.78, 5) is 11.0. The summed E-state index contributed by atoms with van der Waals surface area (Å²) in [5.74, 6) is -0.0505. The van der Waals surface area contributed by atoms with Crippen LogP contribution in [0.2, 0.25) is 0 Å². The predicted octanol–water partition coefficient (Wildman–Crippen LogP) is 3.44. The molecule has 4 heteroatoms. The smallest absolute Gasteiger partial charge is 0.305 e. The Labute approximate surface area is 112 Å². The van der Waals surface area contributed by atoms with Gasteiger partial charge < -0.3 is 10.5 Å². The predicted molar refractivity (Wildman–Crippen MR) is 74.5 cm³/mol. The molecule has 0 amide bonds. The van der Waals surface area contributed by atoms with Crippen LogP contribution in [0.25, 0.3) is 0 Å². The van der Waals surface area contributed by atoms with E-state index in [-0.39, 0.29) is 18.4 Å². The maximum atomic E-state index is 11.0. The van der Waals surface area contributed by atoms with Gasteiger partial charge in [0.25, 0.3) is 0 Å². The Balaban J connectivity index is 0. The molecule has 0 rings (SSSR count). The molecule has 0 aromatic carbocycles. The minimum Gasteiger partial charge on any atom is -0.466 e. The van der Waals surface area contributed by atoms with Crippen LogP contribution in [0.3, 0.4) is 0 Å². The molecule has 0 heterocycles. The molecule has 17 heavy (non-hydrogen) atoms. The van der Waals surface area contributed by atoms with Gasteiger partial charge in [0.2, 0.25) is 0 Å². The lowest BCUT2D eigenvalue weighted by Gasteiger charge is -2.02. The second-order valence-electron chi connectivity index (χ2n) is 4.17. The molecule has 0 radical (unpaired) electrons. The number of esters is 1. The number of unbranched alkanes of at least 4 members (excludes halogenated alkanes) is 7. The van der Waals surface area contributed by atoms with Gasteiger partial charge in [0.1, 0.15) is 0 Å². The standard InChI is InChI=1S/C13H27NO2.ClH/c1-2-16-13(15)11-9-7-5-3-4-6-8-10-12-14;/h2-12,14H2,1H3;1H. The largest absolute Gasteiger partial charge is 0.466 e. The Morgan fingerprint density at radius 2 is 1.41 bits per heavy atom. The third-order valence-electron chi connectivity index (χ3n) is 2.64. The molecule has 0 spiro atoms. The van der Waals surface area contributed by atoms with Crippen molar-refractivity contribution in [2.24, 2.45) is 5.73 Å². The maximum Gasteiger partial charge on any atom is 0.305 e. The van der Waals surface area contributed by atoms with Crippen molar-refractivity contribution in [2.75, 3.05) is 13.2 Å². The summed E-state index contributed by atoms with van der Waals surface area (Å²) in [5, 5.41) is 0. The van der Waals surface area contributed by atoms with E-state index >= 15 is 0 Å². The van der Waals surface area contributed by atoms with E-state index in [1.165, 1.54) is 32.1 Å². The molecule has 0 bridgehead atoms. The summed E-state index contributed by atoms with van der Waals surface area (Å²) >= 11 is 0. The van der Waals surface area contributed by atoms with Crippen molar-refractivity contribution in [3.8, 4) is 0 Å². The molecular weight excluding hydrogens is 238 g/mol. The van der Waals surface area contributed by atoms with Crippen molar-refractivity contribution in [3.05, 3.63) is 0 Å². The molecule has 0 saturated carbocycles. The van der Waals surface area contributed by atoms with Gasteiger partial charge in [-0.2, -0.15) is 0 Å². The molecule has 0 saturated heterocycles. The summed E-state index contributed by atoms with van der Waals surface area (Å²) in [6, 6.07) is 0. The molecule has 0 atom stereocenters. The van der Waals surface area contributed by atoms with E-state index < -0.39 is 0 Å². The number of hydrogen-bond donors (Lipinski definition) is 1. The number of hydrogen-bond acceptors (Lipinski definition) is 3. The first-order valence-corrected chi connectivity index (χ1v) is 6.67. The van der Waals surface area contributed by atoms with Crippen LogP contribution in [0.15, 0.2) is 0 Å². The van der Waals surface area contributed by atoms with Crippen molar-refractivity contribution >= 4 is 18.4 Å². The third kappa shape index (κ3) is 15.7. The number of halogens is 1. The monoisotopic (exact) mass is 265 g/mol.